The number of carbonyl (C=O) groups excluding carboxylic acids is 1. The molecular formula is C19H21F3N2O. The van der Waals surface area contributed by atoms with Crippen molar-refractivity contribution in [2.75, 3.05) is 6.54 Å². The highest BCUT2D eigenvalue weighted by Crippen LogP contribution is 2.41. The summed E-state index contributed by atoms with van der Waals surface area (Å²) in [6, 6.07) is 8.66. The van der Waals surface area contributed by atoms with Crippen molar-refractivity contribution in [3.8, 4) is 0 Å². The van der Waals surface area contributed by atoms with E-state index in [1.54, 1.807) is 26.0 Å². The zero-order valence-corrected chi connectivity index (χ0v) is 14.4. The van der Waals surface area contributed by atoms with E-state index >= 15 is 0 Å². The maximum Gasteiger partial charge on any atom is 0.409 e. The number of fused-ring (bicyclic) bond motifs is 1. The van der Waals surface area contributed by atoms with Gasteiger partial charge in [-0.05, 0) is 48.2 Å². The van der Waals surface area contributed by atoms with Crippen molar-refractivity contribution in [1.82, 2.24) is 10.4 Å². The molecule has 1 amide bonds. The van der Waals surface area contributed by atoms with Crippen LogP contribution < -0.4 is 5.43 Å². The first-order valence-corrected chi connectivity index (χ1v) is 8.29. The lowest BCUT2D eigenvalue weighted by atomic mass is 9.93. The number of alkyl halides is 3. The molecule has 1 fully saturated rings. The number of hydrogen-bond acceptors (Lipinski definition) is 2. The van der Waals surface area contributed by atoms with Crippen molar-refractivity contribution < 1.29 is 18.0 Å². The van der Waals surface area contributed by atoms with Crippen LogP contribution in [0.15, 0.2) is 36.4 Å². The van der Waals surface area contributed by atoms with E-state index in [1.165, 1.54) is 6.07 Å². The Kier molecular flexibility index (Phi) is 4.27. The third kappa shape index (κ3) is 3.35. The Morgan fingerprint density at radius 1 is 1.16 bits per heavy atom. The minimum Gasteiger partial charge on any atom is -0.287 e. The molecule has 0 radical (unpaired) electrons. The number of rotatable bonds is 3. The monoisotopic (exact) mass is 350 g/mol. The van der Waals surface area contributed by atoms with Crippen LogP contribution in [0.3, 0.4) is 0 Å². The van der Waals surface area contributed by atoms with Crippen LogP contribution in [0.5, 0.6) is 0 Å². The second kappa shape index (κ2) is 6.02. The fraction of sp³-hybridized carbons (Fsp3) is 0.421. The lowest BCUT2D eigenvalue weighted by Gasteiger charge is -2.30. The number of benzene rings is 2. The van der Waals surface area contributed by atoms with Gasteiger partial charge in [0, 0.05) is 6.54 Å². The summed E-state index contributed by atoms with van der Waals surface area (Å²) in [5.74, 6) is -0.393. The summed E-state index contributed by atoms with van der Waals surface area (Å²) in [5, 5.41) is 2.67. The molecule has 3 rings (SSSR count). The average molecular weight is 350 g/mol. The molecule has 6 heteroatoms. The molecule has 1 atom stereocenters. The van der Waals surface area contributed by atoms with Gasteiger partial charge in [0.25, 0.3) is 0 Å². The van der Waals surface area contributed by atoms with E-state index < -0.39 is 23.5 Å². The molecular weight excluding hydrogens is 329 g/mol. The van der Waals surface area contributed by atoms with Crippen molar-refractivity contribution in [3.05, 3.63) is 47.5 Å². The summed E-state index contributed by atoms with van der Waals surface area (Å²) in [7, 11) is 0. The highest BCUT2D eigenvalue weighted by molar-refractivity contribution is 5.85. The maximum atomic E-state index is 13.8. The summed E-state index contributed by atoms with van der Waals surface area (Å²) in [6.45, 7) is 5.32. The fourth-order valence-electron chi connectivity index (χ4n) is 3.22. The molecule has 1 heterocycles. The predicted octanol–water partition coefficient (Wildman–Crippen LogP) is 4.38. The smallest absolute Gasteiger partial charge is 0.287 e. The number of nitrogens with one attached hydrogen (secondary N) is 1. The van der Waals surface area contributed by atoms with Gasteiger partial charge in [0.1, 0.15) is 6.04 Å². The molecule has 0 saturated carbocycles. The molecule has 25 heavy (non-hydrogen) atoms. The number of nitrogens with zero attached hydrogens (tertiary/aromatic N) is 1. The van der Waals surface area contributed by atoms with Crippen LogP contribution in [0, 0.1) is 5.41 Å². The number of amides is 1. The van der Waals surface area contributed by atoms with Crippen LogP contribution in [-0.2, 0) is 11.2 Å². The van der Waals surface area contributed by atoms with Crippen LogP contribution in [0.4, 0.5) is 13.2 Å². The zero-order valence-electron chi connectivity index (χ0n) is 14.4. The Morgan fingerprint density at radius 2 is 1.80 bits per heavy atom. The van der Waals surface area contributed by atoms with Gasteiger partial charge in [-0.25, -0.2) is 5.01 Å². The summed E-state index contributed by atoms with van der Waals surface area (Å²) in [4.78, 5) is 11.9. The molecule has 2 aromatic carbocycles. The van der Waals surface area contributed by atoms with E-state index in [1.807, 2.05) is 25.1 Å². The van der Waals surface area contributed by atoms with E-state index in [-0.39, 0.29) is 12.1 Å². The first-order valence-electron chi connectivity index (χ1n) is 8.29. The summed E-state index contributed by atoms with van der Waals surface area (Å²) < 4.78 is 41.3. The van der Waals surface area contributed by atoms with Crippen molar-refractivity contribution >= 4 is 16.7 Å². The molecule has 134 valence electrons. The van der Waals surface area contributed by atoms with Crippen LogP contribution in [0.2, 0.25) is 0 Å². The third-order valence-electron chi connectivity index (χ3n) is 4.70. The van der Waals surface area contributed by atoms with Crippen LogP contribution in [-0.4, -0.2) is 23.6 Å². The average Bonchev–Trinajstić information content (AvgIpc) is 2.78. The Balaban J connectivity index is 2.03. The van der Waals surface area contributed by atoms with Crippen LogP contribution >= 0.6 is 0 Å². The highest BCUT2D eigenvalue weighted by atomic mass is 19.4. The first kappa shape index (κ1) is 17.7. The molecule has 1 aliphatic rings. The minimum absolute atomic E-state index is 0.00280. The first-order chi connectivity index (χ1) is 11.6. The zero-order chi connectivity index (χ0) is 18.4. The van der Waals surface area contributed by atoms with E-state index in [0.717, 1.165) is 27.8 Å². The van der Waals surface area contributed by atoms with Crippen molar-refractivity contribution in [1.29, 1.82) is 0 Å². The Hall–Kier alpha value is -2.08. The van der Waals surface area contributed by atoms with E-state index in [2.05, 4.69) is 5.43 Å². The van der Waals surface area contributed by atoms with Crippen LogP contribution in [0.25, 0.3) is 10.8 Å². The lowest BCUT2D eigenvalue weighted by molar-refractivity contribution is -0.191. The van der Waals surface area contributed by atoms with Crippen molar-refractivity contribution in [2.24, 2.45) is 5.41 Å². The molecule has 3 nitrogen and oxygen atoms in total. The number of carbonyl (C=O) groups is 1. The molecule has 0 bridgehead atoms. The normalized spacial score (nSPS) is 19.2. The Morgan fingerprint density at radius 3 is 2.36 bits per heavy atom. The van der Waals surface area contributed by atoms with Crippen molar-refractivity contribution in [3.63, 3.8) is 0 Å². The van der Waals surface area contributed by atoms with Gasteiger partial charge in [-0.1, -0.05) is 37.3 Å². The van der Waals surface area contributed by atoms with Gasteiger partial charge in [0.15, 0.2) is 0 Å². The lowest BCUT2D eigenvalue weighted by Crippen LogP contribution is -2.43. The molecule has 0 spiro atoms. The SMILES string of the molecule is CCc1ccc2cc(C(N3CC(C)(C)C(=O)N3)C(F)(F)F)ccc2c1. The molecule has 0 aliphatic carbocycles. The van der Waals surface area contributed by atoms with Crippen molar-refractivity contribution in [2.45, 2.75) is 39.4 Å². The largest absolute Gasteiger partial charge is 0.409 e. The quantitative estimate of drug-likeness (QED) is 0.891. The number of halogens is 3. The van der Waals surface area contributed by atoms with E-state index in [4.69, 9.17) is 0 Å². The standard InChI is InChI=1S/C19H21F3N2O/c1-4-12-5-6-14-10-15(8-7-13(14)9-12)16(19(20,21)22)24-11-18(2,3)17(25)23-24/h5-10,16H,4,11H2,1-3H3,(H,23,25). The van der Waals surface area contributed by atoms with Gasteiger partial charge < -0.3 is 0 Å². The van der Waals surface area contributed by atoms with Gasteiger partial charge in [0.05, 0.1) is 5.41 Å². The fourth-order valence-corrected chi connectivity index (χ4v) is 3.22. The molecule has 1 unspecified atom stereocenters. The van der Waals surface area contributed by atoms with E-state index in [0.29, 0.717) is 0 Å². The second-order valence-corrected chi connectivity index (χ2v) is 7.19. The number of hydrazine groups is 1. The topological polar surface area (TPSA) is 32.3 Å². The summed E-state index contributed by atoms with van der Waals surface area (Å²) in [5.41, 5.74) is 2.81. The second-order valence-electron chi connectivity index (χ2n) is 7.19. The highest BCUT2D eigenvalue weighted by Gasteiger charge is 2.51. The van der Waals surface area contributed by atoms with Gasteiger partial charge >= 0.3 is 6.18 Å². The molecule has 1 N–H and O–H groups in total. The van der Waals surface area contributed by atoms with Gasteiger partial charge in [-0.3, -0.25) is 10.2 Å². The van der Waals surface area contributed by atoms with E-state index in [9.17, 15) is 18.0 Å². The third-order valence-corrected chi connectivity index (χ3v) is 4.70. The molecule has 1 aliphatic heterocycles. The van der Waals surface area contributed by atoms with Gasteiger partial charge in [-0.2, -0.15) is 13.2 Å². The summed E-state index contributed by atoms with van der Waals surface area (Å²) >= 11 is 0. The maximum absolute atomic E-state index is 13.8. The Labute approximate surface area is 144 Å². The summed E-state index contributed by atoms with van der Waals surface area (Å²) in [6.07, 6.45) is -3.62. The van der Waals surface area contributed by atoms with Gasteiger partial charge in [0.2, 0.25) is 5.91 Å². The molecule has 2 aromatic rings. The van der Waals surface area contributed by atoms with Gasteiger partial charge in [-0.15, -0.1) is 0 Å². The number of aryl methyl sites for hydroxylation is 1. The predicted molar refractivity (Wildman–Crippen MR) is 90.8 cm³/mol. The Bertz CT molecular complexity index is 814. The molecule has 1 saturated heterocycles. The minimum atomic E-state index is -4.50. The number of hydrogen-bond donors (Lipinski definition) is 1. The molecule has 0 aromatic heterocycles. The van der Waals surface area contributed by atoms with Crippen LogP contribution in [0.1, 0.15) is 37.9 Å².